The molecule has 0 N–H and O–H groups in total. The number of halogens is 1. The molecule has 96 valence electrons. The summed E-state index contributed by atoms with van der Waals surface area (Å²) in [5.74, 6) is 0.532. The summed E-state index contributed by atoms with van der Waals surface area (Å²) >= 11 is 7.23. The van der Waals surface area contributed by atoms with Gasteiger partial charge < -0.3 is 4.90 Å². The number of alkyl halides is 1. The van der Waals surface area contributed by atoms with Crippen LogP contribution in [0.5, 0.6) is 0 Å². The average molecular weight is 275 g/mol. The molecule has 17 heavy (non-hydrogen) atoms. The number of hydrogen-bond acceptors (Lipinski definition) is 3. The zero-order valence-corrected chi connectivity index (χ0v) is 12.1. The summed E-state index contributed by atoms with van der Waals surface area (Å²) in [6.07, 6.45) is 3.57. The SMILES string of the molecule is CCC(CC)N(CCCl)C(=O)c1cnc(C)s1. The number of nitrogens with zero attached hydrogens (tertiary/aromatic N) is 2. The lowest BCUT2D eigenvalue weighted by Gasteiger charge is -2.29. The van der Waals surface area contributed by atoms with Crippen LogP contribution in [0.1, 0.15) is 41.4 Å². The molecule has 0 atom stereocenters. The van der Waals surface area contributed by atoms with Crippen molar-refractivity contribution >= 4 is 28.8 Å². The van der Waals surface area contributed by atoms with Gasteiger partial charge in [-0.3, -0.25) is 4.79 Å². The molecule has 0 saturated heterocycles. The van der Waals surface area contributed by atoms with E-state index in [0.717, 1.165) is 17.8 Å². The largest absolute Gasteiger partial charge is 0.334 e. The molecule has 1 rings (SSSR count). The zero-order chi connectivity index (χ0) is 12.8. The Balaban J connectivity index is 2.86. The first-order valence-corrected chi connectivity index (χ1v) is 7.28. The van der Waals surface area contributed by atoms with E-state index in [4.69, 9.17) is 11.6 Å². The summed E-state index contributed by atoms with van der Waals surface area (Å²) in [6.45, 7) is 6.70. The molecule has 1 heterocycles. The normalized spacial score (nSPS) is 10.9. The van der Waals surface area contributed by atoms with Gasteiger partial charge in [0.1, 0.15) is 4.88 Å². The Morgan fingerprint density at radius 1 is 1.53 bits per heavy atom. The van der Waals surface area contributed by atoms with Crippen molar-refractivity contribution < 1.29 is 4.79 Å². The van der Waals surface area contributed by atoms with Crippen molar-refractivity contribution in [2.75, 3.05) is 12.4 Å². The van der Waals surface area contributed by atoms with Crippen molar-refractivity contribution in [3.05, 3.63) is 16.1 Å². The van der Waals surface area contributed by atoms with Crippen LogP contribution in [0.15, 0.2) is 6.20 Å². The number of amides is 1. The van der Waals surface area contributed by atoms with Gasteiger partial charge in [0.2, 0.25) is 0 Å². The molecule has 0 fully saturated rings. The minimum atomic E-state index is 0.0601. The number of thiazole rings is 1. The summed E-state index contributed by atoms with van der Waals surface area (Å²) in [7, 11) is 0. The minimum absolute atomic E-state index is 0.0601. The number of aryl methyl sites for hydroxylation is 1. The van der Waals surface area contributed by atoms with Crippen LogP contribution in [0.2, 0.25) is 0 Å². The Morgan fingerprint density at radius 2 is 2.18 bits per heavy atom. The average Bonchev–Trinajstić information content (AvgIpc) is 2.75. The fourth-order valence-corrected chi connectivity index (χ4v) is 2.79. The Kier molecular flexibility index (Phi) is 5.92. The standard InChI is InChI=1S/C12H19ClN2OS/c1-4-10(5-2)15(7-6-13)12(16)11-8-14-9(3)17-11/h8,10H,4-7H2,1-3H3. The molecular formula is C12H19ClN2OS. The van der Waals surface area contributed by atoms with E-state index in [1.54, 1.807) is 6.20 Å². The molecule has 0 aliphatic carbocycles. The molecule has 0 unspecified atom stereocenters. The molecule has 0 saturated carbocycles. The first-order valence-electron chi connectivity index (χ1n) is 5.93. The monoisotopic (exact) mass is 274 g/mol. The second-order valence-corrected chi connectivity index (χ2v) is 5.51. The second kappa shape index (κ2) is 6.97. The van der Waals surface area contributed by atoms with E-state index in [2.05, 4.69) is 18.8 Å². The summed E-state index contributed by atoms with van der Waals surface area (Å²) in [5, 5.41) is 0.920. The topological polar surface area (TPSA) is 33.2 Å². The van der Waals surface area contributed by atoms with Gasteiger partial charge in [-0.05, 0) is 19.8 Å². The number of carbonyl (C=O) groups excluding carboxylic acids is 1. The number of aromatic nitrogens is 1. The van der Waals surface area contributed by atoms with Crippen LogP contribution in [0, 0.1) is 6.92 Å². The molecule has 1 aromatic heterocycles. The molecule has 0 aromatic carbocycles. The summed E-state index contributed by atoms with van der Waals surface area (Å²) in [5.41, 5.74) is 0. The van der Waals surface area contributed by atoms with E-state index in [9.17, 15) is 4.79 Å². The van der Waals surface area contributed by atoms with Crippen LogP contribution in [-0.4, -0.2) is 34.3 Å². The van der Waals surface area contributed by atoms with Crippen LogP contribution in [-0.2, 0) is 0 Å². The van der Waals surface area contributed by atoms with Gasteiger partial charge in [0.15, 0.2) is 0 Å². The second-order valence-electron chi connectivity index (χ2n) is 3.90. The molecule has 5 heteroatoms. The van der Waals surface area contributed by atoms with Crippen molar-refractivity contribution in [1.82, 2.24) is 9.88 Å². The maximum Gasteiger partial charge on any atom is 0.265 e. The fourth-order valence-electron chi connectivity index (χ4n) is 1.87. The zero-order valence-electron chi connectivity index (χ0n) is 10.6. The fraction of sp³-hybridized carbons (Fsp3) is 0.667. The van der Waals surface area contributed by atoms with Crippen molar-refractivity contribution in [2.45, 2.75) is 39.7 Å². The third-order valence-corrected chi connectivity index (χ3v) is 3.87. The van der Waals surface area contributed by atoms with E-state index in [-0.39, 0.29) is 11.9 Å². The highest BCUT2D eigenvalue weighted by Gasteiger charge is 2.23. The van der Waals surface area contributed by atoms with Crippen LogP contribution < -0.4 is 0 Å². The molecule has 0 aliphatic rings. The van der Waals surface area contributed by atoms with Gasteiger partial charge in [-0.2, -0.15) is 0 Å². The van der Waals surface area contributed by atoms with Gasteiger partial charge in [0.25, 0.3) is 5.91 Å². The number of rotatable bonds is 6. The molecule has 1 amide bonds. The highest BCUT2D eigenvalue weighted by Crippen LogP contribution is 2.18. The summed E-state index contributed by atoms with van der Waals surface area (Å²) in [6, 6.07) is 0.267. The van der Waals surface area contributed by atoms with Crippen LogP contribution in [0.25, 0.3) is 0 Å². The van der Waals surface area contributed by atoms with Crippen molar-refractivity contribution in [1.29, 1.82) is 0 Å². The van der Waals surface area contributed by atoms with E-state index in [0.29, 0.717) is 17.3 Å². The van der Waals surface area contributed by atoms with Gasteiger partial charge >= 0.3 is 0 Å². The van der Waals surface area contributed by atoms with E-state index in [1.807, 2.05) is 11.8 Å². The van der Waals surface area contributed by atoms with Crippen molar-refractivity contribution in [3.8, 4) is 0 Å². The molecule has 0 spiro atoms. The highest BCUT2D eigenvalue weighted by atomic mass is 35.5. The van der Waals surface area contributed by atoms with Gasteiger partial charge in [-0.15, -0.1) is 22.9 Å². The van der Waals surface area contributed by atoms with Gasteiger partial charge in [0, 0.05) is 18.5 Å². The molecule has 0 aliphatic heterocycles. The van der Waals surface area contributed by atoms with Gasteiger partial charge in [0.05, 0.1) is 11.2 Å². The lowest BCUT2D eigenvalue weighted by molar-refractivity contribution is 0.0686. The third kappa shape index (κ3) is 3.68. The van der Waals surface area contributed by atoms with Crippen LogP contribution >= 0.6 is 22.9 Å². The van der Waals surface area contributed by atoms with Crippen molar-refractivity contribution in [3.63, 3.8) is 0 Å². The third-order valence-electron chi connectivity index (χ3n) is 2.80. The maximum absolute atomic E-state index is 12.3. The van der Waals surface area contributed by atoms with Gasteiger partial charge in [-0.1, -0.05) is 13.8 Å². The molecular weight excluding hydrogens is 256 g/mol. The number of hydrogen-bond donors (Lipinski definition) is 0. The molecule has 0 radical (unpaired) electrons. The van der Waals surface area contributed by atoms with E-state index >= 15 is 0 Å². The Hall–Kier alpha value is -0.610. The van der Waals surface area contributed by atoms with E-state index in [1.165, 1.54) is 11.3 Å². The first kappa shape index (κ1) is 14.5. The smallest absolute Gasteiger partial charge is 0.265 e. The lowest BCUT2D eigenvalue weighted by atomic mass is 10.1. The minimum Gasteiger partial charge on any atom is -0.334 e. The van der Waals surface area contributed by atoms with Crippen molar-refractivity contribution in [2.24, 2.45) is 0 Å². The molecule has 3 nitrogen and oxygen atoms in total. The molecule has 1 aromatic rings. The number of carbonyl (C=O) groups is 1. The Labute approximate surface area is 112 Å². The predicted molar refractivity (Wildman–Crippen MR) is 73.0 cm³/mol. The maximum atomic E-state index is 12.3. The summed E-state index contributed by atoms with van der Waals surface area (Å²) in [4.78, 5) is 19.1. The predicted octanol–water partition coefficient (Wildman–Crippen LogP) is 3.32. The summed E-state index contributed by atoms with van der Waals surface area (Å²) < 4.78 is 0. The quantitative estimate of drug-likeness (QED) is 0.746. The van der Waals surface area contributed by atoms with E-state index < -0.39 is 0 Å². The lowest BCUT2D eigenvalue weighted by Crippen LogP contribution is -2.40. The first-order chi connectivity index (χ1) is 8.13. The van der Waals surface area contributed by atoms with Gasteiger partial charge in [-0.25, -0.2) is 4.98 Å². The van der Waals surface area contributed by atoms with Crippen LogP contribution in [0.4, 0.5) is 0 Å². The Morgan fingerprint density at radius 3 is 2.59 bits per heavy atom. The van der Waals surface area contributed by atoms with Crippen LogP contribution in [0.3, 0.4) is 0 Å². The highest BCUT2D eigenvalue weighted by molar-refractivity contribution is 7.13. The molecule has 0 bridgehead atoms. The Bertz CT molecular complexity index is 363.